The maximum absolute atomic E-state index is 13.2. The number of rotatable bonds is 49. The third-order valence-electron chi connectivity index (χ3n) is 12.3. The summed E-state index contributed by atoms with van der Waals surface area (Å²) in [5, 5.41) is 23.8. The van der Waals surface area contributed by atoms with Crippen molar-refractivity contribution in [3.8, 4) is 0 Å². The van der Waals surface area contributed by atoms with E-state index in [1.54, 1.807) is 0 Å². The Morgan fingerprint density at radius 2 is 0.785 bits per heavy atom. The predicted octanol–water partition coefficient (Wildman–Crippen LogP) is 17.0. The molecular formula is C59H105NO5. The highest BCUT2D eigenvalue weighted by atomic mass is 16.5. The number of unbranched alkanes of at least 4 members (excludes halogenated alkanes) is 25. The van der Waals surface area contributed by atoms with Gasteiger partial charge in [-0.3, -0.25) is 9.59 Å². The first-order chi connectivity index (χ1) is 32.0. The minimum Gasteiger partial charge on any atom is -0.462 e. The summed E-state index contributed by atoms with van der Waals surface area (Å²) in [7, 11) is 0. The first-order valence-corrected chi connectivity index (χ1v) is 27.7. The molecule has 0 saturated carbocycles. The Balaban J connectivity index is 4.64. The zero-order valence-corrected chi connectivity index (χ0v) is 42.9. The van der Waals surface area contributed by atoms with Gasteiger partial charge in [-0.15, -0.1) is 0 Å². The largest absolute Gasteiger partial charge is 0.462 e. The number of nitrogens with one attached hydrogen (secondary N) is 1. The van der Waals surface area contributed by atoms with Gasteiger partial charge in [0.05, 0.1) is 25.2 Å². The fourth-order valence-corrected chi connectivity index (χ4v) is 8.03. The summed E-state index contributed by atoms with van der Waals surface area (Å²) in [5.41, 5.74) is 0. The smallest absolute Gasteiger partial charge is 0.306 e. The van der Waals surface area contributed by atoms with Crippen LogP contribution in [0.5, 0.6) is 0 Å². The van der Waals surface area contributed by atoms with Crippen molar-refractivity contribution in [1.82, 2.24) is 5.32 Å². The van der Waals surface area contributed by atoms with Crippen LogP contribution in [-0.2, 0) is 14.3 Å². The molecule has 0 saturated heterocycles. The fourth-order valence-electron chi connectivity index (χ4n) is 8.03. The molecule has 0 aromatic heterocycles. The SMILES string of the molecule is CCCCC/C=C\C/C=C\C/C=C\CCCCCCCCC(=O)OC(CCCCCC/C=C\C/C=C\C/C=C\CCCCC)CC(=O)NC(CO)C(O)CCCCCCCCCCCC. The summed E-state index contributed by atoms with van der Waals surface area (Å²) in [6.07, 6.45) is 66.7. The molecule has 65 heavy (non-hydrogen) atoms. The van der Waals surface area contributed by atoms with Crippen LogP contribution in [0.25, 0.3) is 0 Å². The normalized spacial score (nSPS) is 13.7. The topological polar surface area (TPSA) is 95.9 Å². The maximum Gasteiger partial charge on any atom is 0.306 e. The molecule has 0 heterocycles. The monoisotopic (exact) mass is 908 g/mol. The molecule has 0 aliphatic heterocycles. The van der Waals surface area contributed by atoms with Crippen LogP contribution < -0.4 is 5.32 Å². The lowest BCUT2D eigenvalue weighted by molar-refractivity contribution is -0.151. The minimum absolute atomic E-state index is 0.0550. The van der Waals surface area contributed by atoms with Gasteiger partial charge >= 0.3 is 5.97 Å². The highest BCUT2D eigenvalue weighted by Crippen LogP contribution is 2.17. The van der Waals surface area contributed by atoms with Crippen LogP contribution in [0, 0.1) is 0 Å². The third kappa shape index (κ3) is 47.6. The molecule has 6 heteroatoms. The Morgan fingerprint density at radius 1 is 0.446 bits per heavy atom. The van der Waals surface area contributed by atoms with Crippen molar-refractivity contribution in [2.24, 2.45) is 0 Å². The van der Waals surface area contributed by atoms with E-state index in [1.165, 1.54) is 116 Å². The number of esters is 1. The van der Waals surface area contributed by atoms with Gasteiger partial charge in [0, 0.05) is 6.42 Å². The van der Waals surface area contributed by atoms with Gasteiger partial charge in [-0.25, -0.2) is 0 Å². The average molecular weight is 908 g/mol. The van der Waals surface area contributed by atoms with Crippen molar-refractivity contribution < 1.29 is 24.5 Å². The summed E-state index contributed by atoms with van der Waals surface area (Å²) in [6, 6.07) is -0.714. The summed E-state index contributed by atoms with van der Waals surface area (Å²) in [4.78, 5) is 26.2. The molecule has 3 N–H and O–H groups in total. The number of hydrogen-bond donors (Lipinski definition) is 3. The van der Waals surface area contributed by atoms with E-state index in [4.69, 9.17) is 4.74 Å². The number of allylic oxidation sites excluding steroid dienone is 12. The second-order valence-corrected chi connectivity index (χ2v) is 18.6. The van der Waals surface area contributed by atoms with E-state index in [0.717, 1.165) is 103 Å². The fraction of sp³-hybridized carbons (Fsp3) is 0.763. The van der Waals surface area contributed by atoms with Crippen molar-refractivity contribution in [1.29, 1.82) is 0 Å². The molecule has 0 fully saturated rings. The highest BCUT2D eigenvalue weighted by molar-refractivity contribution is 5.77. The van der Waals surface area contributed by atoms with Gasteiger partial charge in [0.1, 0.15) is 6.10 Å². The van der Waals surface area contributed by atoms with E-state index in [9.17, 15) is 19.8 Å². The summed E-state index contributed by atoms with van der Waals surface area (Å²) in [5.74, 6) is -0.509. The summed E-state index contributed by atoms with van der Waals surface area (Å²) < 4.78 is 5.94. The number of aliphatic hydroxyl groups is 2. The molecule has 0 aliphatic carbocycles. The molecule has 0 aromatic carbocycles. The van der Waals surface area contributed by atoms with E-state index in [0.29, 0.717) is 19.3 Å². The second kappa shape index (κ2) is 52.3. The molecule has 0 aromatic rings. The van der Waals surface area contributed by atoms with Gasteiger partial charge in [0.25, 0.3) is 0 Å². The van der Waals surface area contributed by atoms with Crippen LogP contribution in [0.4, 0.5) is 0 Å². The number of carbonyl (C=O) groups is 2. The summed E-state index contributed by atoms with van der Waals surface area (Å²) in [6.45, 7) is 6.41. The first-order valence-electron chi connectivity index (χ1n) is 27.7. The molecule has 0 bridgehead atoms. The lowest BCUT2D eigenvalue weighted by Crippen LogP contribution is -2.46. The van der Waals surface area contributed by atoms with Crippen LogP contribution in [-0.4, -0.2) is 46.9 Å². The molecule has 0 radical (unpaired) electrons. The van der Waals surface area contributed by atoms with E-state index >= 15 is 0 Å². The molecule has 1 amide bonds. The number of ether oxygens (including phenoxy) is 1. The second-order valence-electron chi connectivity index (χ2n) is 18.6. The lowest BCUT2D eigenvalue weighted by Gasteiger charge is -2.24. The summed E-state index contributed by atoms with van der Waals surface area (Å²) >= 11 is 0. The van der Waals surface area contributed by atoms with Gasteiger partial charge in [-0.2, -0.15) is 0 Å². The number of carbonyl (C=O) groups excluding carboxylic acids is 2. The van der Waals surface area contributed by atoms with Crippen molar-refractivity contribution in [2.45, 2.75) is 283 Å². The lowest BCUT2D eigenvalue weighted by atomic mass is 10.0. The van der Waals surface area contributed by atoms with E-state index in [1.807, 2.05) is 0 Å². The zero-order chi connectivity index (χ0) is 47.4. The Kier molecular flexibility index (Phi) is 50.1. The van der Waals surface area contributed by atoms with Gasteiger partial charge in [0.15, 0.2) is 0 Å². The quantitative estimate of drug-likeness (QED) is 0.0321. The standard InChI is InChI=1S/C59H105NO5/c1-4-7-10-13-16-19-22-24-26-28-29-31-33-35-37-40-43-46-49-52-59(64)65-55(50-47-44-41-38-36-34-32-30-27-25-23-20-17-14-11-8-5-2)53-58(63)60-56(54-61)57(62)51-48-45-42-39-21-18-15-12-9-6-3/h16-17,19-20,24-27,29,31-32,34,55-57,61-62H,4-15,18,21-23,28,30,33,35-54H2,1-3H3,(H,60,63)/b19-16-,20-17-,26-24-,27-25-,31-29-,34-32-. The van der Waals surface area contributed by atoms with Gasteiger partial charge < -0.3 is 20.3 Å². The maximum atomic E-state index is 13.2. The average Bonchev–Trinajstić information content (AvgIpc) is 3.30. The van der Waals surface area contributed by atoms with Crippen molar-refractivity contribution in [3.05, 3.63) is 72.9 Å². The molecule has 0 rings (SSSR count). The van der Waals surface area contributed by atoms with Crippen LogP contribution in [0.1, 0.15) is 265 Å². The number of aliphatic hydroxyl groups excluding tert-OH is 2. The molecule has 376 valence electrons. The van der Waals surface area contributed by atoms with E-state index < -0.39 is 18.2 Å². The van der Waals surface area contributed by atoms with Crippen molar-refractivity contribution in [3.63, 3.8) is 0 Å². The van der Waals surface area contributed by atoms with Crippen LogP contribution in [0.2, 0.25) is 0 Å². The first kappa shape index (κ1) is 62.3. The van der Waals surface area contributed by atoms with Gasteiger partial charge in [0.2, 0.25) is 5.91 Å². The Bertz CT molecular complexity index is 1200. The van der Waals surface area contributed by atoms with Crippen LogP contribution in [0.15, 0.2) is 72.9 Å². The molecule has 0 aliphatic rings. The molecule has 3 atom stereocenters. The number of hydrogen-bond acceptors (Lipinski definition) is 5. The zero-order valence-electron chi connectivity index (χ0n) is 42.9. The van der Waals surface area contributed by atoms with E-state index in [-0.39, 0.29) is 24.9 Å². The molecule has 0 spiro atoms. The third-order valence-corrected chi connectivity index (χ3v) is 12.3. The Morgan fingerprint density at radius 3 is 1.22 bits per heavy atom. The van der Waals surface area contributed by atoms with Gasteiger partial charge in [-0.1, -0.05) is 222 Å². The van der Waals surface area contributed by atoms with Crippen molar-refractivity contribution in [2.75, 3.05) is 6.61 Å². The van der Waals surface area contributed by atoms with Crippen LogP contribution in [0.3, 0.4) is 0 Å². The Labute approximate surface area is 402 Å². The Hall–Kier alpha value is -2.70. The van der Waals surface area contributed by atoms with Crippen LogP contribution >= 0.6 is 0 Å². The minimum atomic E-state index is -0.798. The predicted molar refractivity (Wildman–Crippen MR) is 282 cm³/mol. The highest BCUT2D eigenvalue weighted by Gasteiger charge is 2.24. The molecule has 3 unspecified atom stereocenters. The number of amides is 1. The van der Waals surface area contributed by atoms with E-state index in [2.05, 4.69) is 99.0 Å². The van der Waals surface area contributed by atoms with Crippen molar-refractivity contribution >= 4 is 11.9 Å². The molecule has 6 nitrogen and oxygen atoms in total. The molecular weight excluding hydrogens is 803 g/mol. The van der Waals surface area contributed by atoms with Gasteiger partial charge in [-0.05, 0) is 103 Å².